The summed E-state index contributed by atoms with van der Waals surface area (Å²) < 4.78 is 7.52. The van der Waals surface area contributed by atoms with Crippen LogP contribution in [0.2, 0.25) is 0 Å². The zero-order valence-electron chi connectivity index (χ0n) is 17.2. The van der Waals surface area contributed by atoms with Gasteiger partial charge in [-0.05, 0) is 38.1 Å². The minimum Gasteiger partial charge on any atom is -0.481 e. The second-order valence-electron chi connectivity index (χ2n) is 7.31. The predicted molar refractivity (Wildman–Crippen MR) is 111 cm³/mol. The molecule has 1 fully saturated rings. The van der Waals surface area contributed by atoms with Crippen molar-refractivity contribution >= 4 is 22.8 Å². The highest BCUT2D eigenvalue weighted by molar-refractivity contribution is 5.87. The molecule has 1 atom stereocenters. The van der Waals surface area contributed by atoms with Crippen LogP contribution in [0.4, 0.5) is 5.82 Å². The van der Waals surface area contributed by atoms with Crippen molar-refractivity contribution in [1.82, 2.24) is 24.6 Å². The van der Waals surface area contributed by atoms with Crippen LogP contribution in [0, 0.1) is 18.3 Å². The number of hydrogen-bond acceptors (Lipinski definition) is 7. The summed E-state index contributed by atoms with van der Waals surface area (Å²) in [6.07, 6.45) is 1.19. The maximum absolute atomic E-state index is 12.8. The van der Waals surface area contributed by atoms with Crippen LogP contribution in [0.15, 0.2) is 30.5 Å². The number of amides is 1. The van der Waals surface area contributed by atoms with E-state index in [1.54, 1.807) is 42.1 Å². The molecule has 4 rings (SSSR count). The number of nitrogens with zero attached hydrogens (tertiary/aromatic N) is 7. The summed E-state index contributed by atoms with van der Waals surface area (Å²) in [5.74, 6) is 2.08. The normalized spacial score (nSPS) is 15.1. The molecule has 3 aromatic rings. The average molecular weight is 405 g/mol. The van der Waals surface area contributed by atoms with Crippen LogP contribution in [0.1, 0.15) is 18.3 Å². The summed E-state index contributed by atoms with van der Waals surface area (Å²) >= 11 is 0. The van der Waals surface area contributed by atoms with Crippen LogP contribution in [-0.4, -0.2) is 62.8 Å². The Kier molecular flexibility index (Phi) is 5.23. The average Bonchev–Trinajstić information content (AvgIpc) is 3.14. The zero-order chi connectivity index (χ0) is 21.3. The lowest BCUT2D eigenvalue weighted by Gasteiger charge is -2.36. The van der Waals surface area contributed by atoms with Crippen molar-refractivity contribution in [2.75, 3.05) is 31.1 Å². The highest BCUT2D eigenvalue weighted by Gasteiger charge is 2.27. The van der Waals surface area contributed by atoms with Gasteiger partial charge in [0.05, 0.1) is 23.2 Å². The molecule has 0 bridgehead atoms. The van der Waals surface area contributed by atoms with E-state index >= 15 is 0 Å². The molecule has 1 aliphatic heterocycles. The lowest BCUT2D eigenvalue weighted by atomic mass is 10.2. The molecule has 0 aliphatic carbocycles. The monoisotopic (exact) mass is 405 g/mol. The van der Waals surface area contributed by atoms with Crippen LogP contribution in [-0.2, 0) is 11.8 Å². The molecular weight excluding hydrogens is 382 g/mol. The number of benzene rings is 1. The molecule has 1 aromatic carbocycles. The van der Waals surface area contributed by atoms with Gasteiger partial charge in [-0.2, -0.15) is 10.4 Å². The highest BCUT2D eigenvalue weighted by Crippen LogP contribution is 2.24. The molecule has 0 saturated carbocycles. The van der Waals surface area contributed by atoms with Crippen molar-refractivity contribution < 1.29 is 9.53 Å². The molecule has 1 saturated heterocycles. The molecule has 0 N–H and O–H groups in total. The van der Waals surface area contributed by atoms with E-state index in [4.69, 9.17) is 10.00 Å². The van der Waals surface area contributed by atoms with Gasteiger partial charge < -0.3 is 14.5 Å². The van der Waals surface area contributed by atoms with Gasteiger partial charge in [-0.25, -0.2) is 9.97 Å². The number of aryl methyl sites for hydroxylation is 2. The molecule has 9 nitrogen and oxygen atoms in total. The molecule has 3 heterocycles. The van der Waals surface area contributed by atoms with Crippen molar-refractivity contribution in [3.63, 3.8) is 0 Å². The summed E-state index contributed by atoms with van der Waals surface area (Å²) in [7, 11) is 1.87. The third-order valence-electron chi connectivity index (χ3n) is 5.22. The van der Waals surface area contributed by atoms with Gasteiger partial charge in [0, 0.05) is 33.2 Å². The van der Waals surface area contributed by atoms with Gasteiger partial charge >= 0.3 is 0 Å². The second-order valence-corrected chi connectivity index (χ2v) is 7.31. The van der Waals surface area contributed by atoms with Gasteiger partial charge in [0.1, 0.15) is 17.4 Å². The Morgan fingerprint density at radius 3 is 2.53 bits per heavy atom. The number of ether oxygens (including phenoxy) is 1. The summed E-state index contributed by atoms with van der Waals surface area (Å²) in [5.41, 5.74) is 1.36. The molecule has 30 heavy (non-hydrogen) atoms. The third-order valence-corrected chi connectivity index (χ3v) is 5.22. The summed E-state index contributed by atoms with van der Waals surface area (Å²) in [6.45, 7) is 6.15. The van der Waals surface area contributed by atoms with E-state index in [1.165, 1.54) is 0 Å². The van der Waals surface area contributed by atoms with Crippen molar-refractivity contribution in [2.45, 2.75) is 20.0 Å². The highest BCUT2D eigenvalue weighted by atomic mass is 16.5. The van der Waals surface area contributed by atoms with E-state index < -0.39 is 6.10 Å². The molecule has 9 heteroatoms. The maximum atomic E-state index is 12.8. The van der Waals surface area contributed by atoms with E-state index in [-0.39, 0.29) is 5.91 Å². The second kappa shape index (κ2) is 7.99. The van der Waals surface area contributed by atoms with Crippen molar-refractivity contribution in [3.05, 3.63) is 41.9 Å². The van der Waals surface area contributed by atoms with Crippen LogP contribution in [0.5, 0.6) is 5.75 Å². The molecular formula is C21H23N7O2. The van der Waals surface area contributed by atoms with Crippen LogP contribution >= 0.6 is 0 Å². The van der Waals surface area contributed by atoms with Crippen LogP contribution < -0.4 is 9.64 Å². The van der Waals surface area contributed by atoms with E-state index in [0.29, 0.717) is 43.3 Å². The van der Waals surface area contributed by atoms with Gasteiger partial charge in [-0.1, -0.05) is 0 Å². The molecule has 0 radical (unpaired) electrons. The zero-order valence-corrected chi connectivity index (χ0v) is 17.2. The number of hydrogen-bond donors (Lipinski definition) is 0. The van der Waals surface area contributed by atoms with Gasteiger partial charge in [-0.3, -0.25) is 9.48 Å². The Morgan fingerprint density at radius 1 is 1.17 bits per heavy atom. The van der Waals surface area contributed by atoms with Crippen molar-refractivity contribution in [1.29, 1.82) is 5.26 Å². The van der Waals surface area contributed by atoms with E-state index in [1.807, 2.05) is 18.9 Å². The molecule has 1 aliphatic rings. The minimum atomic E-state index is -0.601. The summed E-state index contributed by atoms with van der Waals surface area (Å²) in [4.78, 5) is 25.9. The first kappa shape index (κ1) is 19.6. The Hall–Kier alpha value is -3.67. The molecule has 2 aromatic heterocycles. The van der Waals surface area contributed by atoms with Crippen LogP contribution in [0.3, 0.4) is 0 Å². The van der Waals surface area contributed by atoms with Crippen molar-refractivity contribution in [2.24, 2.45) is 7.05 Å². The number of rotatable bonds is 4. The van der Waals surface area contributed by atoms with Gasteiger partial charge in [-0.15, -0.1) is 0 Å². The SMILES string of the molecule is Cc1nc(N2CCN(C(=O)C(C)Oc3ccc(C#N)cc3)CC2)c2cnn(C)c2n1. The quantitative estimate of drug-likeness (QED) is 0.651. The number of nitriles is 1. The molecule has 1 unspecified atom stereocenters. The number of fused-ring (bicyclic) bond motifs is 1. The molecule has 1 amide bonds. The number of aromatic nitrogens is 4. The Labute approximate surface area is 174 Å². The third kappa shape index (κ3) is 3.76. The molecule has 0 spiro atoms. The Bertz CT molecular complexity index is 1110. The first-order valence-electron chi connectivity index (χ1n) is 9.83. The van der Waals surface area contributed by atoms with Gasteiger partial charge in [0.15, 0.2) is 11.8 Å². The molecule has 154 valence electrons. The van der Waals surface area contributed by atoms with E-state index in [9.17, 15) is 4.79 Å². The largest absolute Gasteiger partial charge is 0.481 e. The number of anilines is 1. The van der Waals surface area contributed by atoms with Crippen molar-refractivity contribution in [3.8, 4) is 11.8 Å². The number of carbonyl (C=O) groups is 1. The Morgan fingerprint density at radius 2 is 1.87 bits per heavy atom. The van der Waals surface area contributed by atoms with Gasteiger partial charge in [0.25, 0.3) is 5.91 Å². The lowest BCUT2D eigenvalue weighted by Crippen LogP contribution is -2.52. The lowest BCUT2D eigenvalue weighted by molar-refractivity contribution is -0.138. The fourth-order valence-electron chi connectivity index (χ4n) is 3.61. The van der Waals surface area contributed by atoms with E-state index in [0.717, 1.165) is 16.9 Å². The first-order chi connectivity index (χ1) is 14.5. The topological polar surface area (TPSA) is 100 Å². The predicted octanol–water partition coefficient (Wildman–Crippen LogP) is 1.66. The smallest absolute Gasteiger partial charge is 0.263 e. The summed E-state index contributed by atoms with van der Waals surface area (Å²) in [6, 6.07) is 8.83. The maximum Gasteiger partial charge on any atom is 0.263 e. The van der Waals surface area contributed by atoms with E-state index in [2.05, 4.69) is 26.0 Å². The summed E-state index contributed by atoms with van der Waals surface area (Å²) in [5, 5.41) is 14.1. The van der Waals surface area contributed by atoms with Gasteiger partial charge in [0.2, 0.25) is 0 Å². The number of piperazine rings is 1. The Balaban J connectivity index is 1.40. The fourth-order valence-corrected chi connectivity index (χ4v) is 3.61. The fraction of sp³-hybridized carbons (Fsp3) is 0.381. The number of carbonyl (C=O) groups excluding carboxylic acids is 1. The minimum absolute atomic E-state index is 0.0515. The van der Waals surface area contributed by atoms with Crippen LogP contribution in [0.25, 0.3) is 11.0 Å². The standard InChI is InChI=1S/C21H23N7O2/c1-14(30-17-6-4-16(12-22)5-7-17)21(29)28-10-8-27(9-11-28)20-18-13-23-26(3)19(18)24-15(2)25-20/h4-7,13-14H,8-11H2,1-3H3. The first-order valence-corrected chi connectivity index (χ1v) is 9.83.